The highest BCUT2D eigenvalue weighted by molar-refractivity contribution is 6.22. The molecule has 0 atom stereocenters. The van der Waals surface area contributed by atoms with Crippen molar-refractivity contribution < 1.29 is 19.2 Å². The number of nitrogens with zero attached hydrogens (tertiary/aromatic N) is 4. The molecule has 290 valence electrons. The van der Waals surface area contributed by atoms with E-state index >= 15 is 0 Å². The van der Waals surface area contributed by atoms with Gasteiger partial charge in [0, 0.05) is 50.3 Å². The third-order valence-corrected chi connectivity index (χ3v) is 11.1. The predicted octanol–water partition coefficient (Wildman–Crippen LogP) is 10.1. The molecular formula is C51H43N4O4+. The first kappa shape index (κ1) is 38.4. The Labute approximate surface area is 344 Å². The summed E-state index contributed by atoms with van der Waals surface area (Å²) in [7, 11) is 3.03. The summed E-state index contributed by atoms with van der Waals surface area (Å²) >= 11 is 0. The highest BCUT2D eigenvalue weighted by atomic mass is 16.2. The molecule has 0 saturated heterocycles. The maximum Gasteiger partial charge on any atom is 0.261 e. The fourth-order valence-corrected chi connectivity index (χ4v) is 7.97. The Bertz CT molecular complexity index is 2650. The Kier molecular flexibility index (Phi) is 10.5. The van der Waals surface area contributed by atoms with E-state index < -0.39 is 0 Å². The van der Waals surface area contributed by atoms with E-state index in [0.717, 1.165) is 61.4 Å². The first-order valence-corrected chi connectivity index (χ1v) is 19.7. The van der Waals surface area contributed by atoms with Crippen LogP contribution in [0, 0.1) is 5.92 Å². The molecule has 0 aromatic heterocycles. The van der Waals surface area contributed by atoms with Crippen LogP contribution in [0.1, 0.15) is 77.5 Å². The summed E-state index contributed by atoms with van der Waals surface area (Å²) in [6, 6.07) is 48.2. The molecule has 0 unspecified atom stereocenters. The van der Waals surface area contributed by atoms with Gasteiger partial charge in [-0.3, -0.25) is 29.0 Å². The number of allylic oxidation sites excluding steroid dienone is 3. The number of benzene rings is 6. The number of carbonyl (C=O) groups is 4. The Hall–Kier alpha value is -7.45. The molecule has 0 bridgehead atoms. The van der Waals surface area contributed by atoms with Crippen LogP contribution in [-0.4, -0.2) is 60.6 Å². The van der Waals surface area contributed by atoms with Crippen LogP contribution in [0.3, 0.4) is 0 Å². The van der Waals surface area contributed by atoms with E-state index in [1.165, 1.54) is 19.0 Å². The van der Waals surface area contributed by atoms with Gasteiger partial charge in [-0.2, -0.15) is 0 Å². The predicted molar refractivity (Wildman–Crippen MR) is 235 cm³/mol. The van der Waals surface area contributed by atoms with Gasteiger partial charge in [0.2, 0.25) is 0 Å². The van der Waals surface area contributed by atoms with Crippen LogP contribution in [0.25, 0.3) is 5.57 Å². The highest BCUT2D eigenvalue weighted by Gasteiger charge is 2.35. The number of hydrogen-bond donors (Lipinski definition) is 0. The van der Waals surface area contributed by atoms with Crippen LogP contribution in [0.4, 0.5) is 22.7 Å². The van der Waals surface area contributed by atoms with Gasteiger partial charge in [-0.05, 0) is 146 Å². The summed E-state index contributed by atoms with van der Waals surface area (Å²) in [5.74, 6) is -0.122. The average molecular weight is 776 g/mol. The van der Waals surface area contributed by atoms with Crippen LogP contribution in [-0.2, 0) is 0 Å². The summed E-state index contributed by atoms with van der Waals surface area (Å²) in [6.07, 6.45) is 6.39. The Morgan fingerprint density at radius 1 is 0.525 bits per heavy atom. The number of rotatable bonds is 12. The normalized spacial score (nSPS) is 13.7. The summed E-state index contributed by atoms with van der Waals surface area (Å²) in [5.41, 5.74) is 10.5. The molecule has 8 rings (SSSR count). The maximum atomic E-state index is 13.0. The van der Waals surface area contributed by atoms with Crippen LogP contribution >= 0.6 is 0 Å². The van der Waals surface area contributed by atoms with Gasteiger partial charge in [0.1, 0.15) is 5.69 Å². The number of amides is 4. The van der Waals surface area contributed by atoms with Crippen molar-refractivity contribution in [1.82, 2.24) is 9.80 Å². The largest absolute Gasteiger partial charge is 0.342 e. The summed E-state index contributed by atoms with van der Waals surface area (Å²) in [5, 5.41) is 0. The van der Waals surface area contributed by atoms with Gasteiger partial charge < -0.3 is 9.80 Å². The molecule has 2 heterocycles. The highest BCUT2D eigenvalue weighted by Crippen LogP contribution is 2.38. The van der Waals surface area contributed by atoms with Gasteiger partial charge in [-0.25, -0.2) is 0 Å². The number of hydrogen-bond acceptors (Lipinski definition) is 6. The zero-order valence-corrected chi connectivity index (χ0v) is 33.4. The first-order valence-electron chi connectivity index (χ1n) is 19.7. The molecule has 59 heavy (non-hydrogen) atoms. The standard InChI is InChI=1S/C51H43N4O4/c1-5-54(38-28-30-43-45(32-38)50(58)52(3)48(43)56)37-26-24-36(25-27-37)40(34-16-9-7-10-17-34)21-15-22-41(35-18-11-8-12-19-35)42-20-13-14-23-47(42)55(6-2)39-29-31-44-46(33-39)51(59)53(4)49(44)57/h7-33H,5-6H2,1-4H3/q+1. The Balaban J connectivity index is 1.15. The lowest BCUT2D eigenvalue weighted by Crippen LogP contribution is -2.24. The minimum Gasteiger partial charge on any atom is -0.342 e. The van der Waals surface area contributed by atoms with Crippen molar-refractivity contribution in [3.63, 3.8) is 0 Å². The van der Waals surface area contributed by atoms with Crippen molar-refractivity contribution in [2.24, 2.45) is 0 Å². The molecule has 0 aliphatic carbocycles. The van der Waals surface area contributed by atoms with E-state index in [-0.39, 0.29) is 23.6 Å². The molecule has 6 aromatic rings. The van der Waals surface area contributed by atoms with E-state index in [1.54, 1.807) is 12.1 Å². The second-order valence-electron chi connectivity index (χ2n) is 14.4. The molecular weight excluding hydrogens is 733 g/mol. The molecule has 4 amide bonds. The molecule has 6 aromatic carbocycles. The van der Waals surface area contributed by atoms with Crippen LogP contribution in [0.5, 0.6) is 0 Å². The van der Waals surface area contributed by atoms with Crippen molar-refractivity contribution in [3.8, 4) is 0 Å². The number of para-hydroxylation sites is 1. The van der Waals surface area contributed by atoms with Crippen LogP contribution < -0.4 is 9.80 Å². The average Bonchev–Trinajstić information content (AvgIpc) is 3.63. The monoisotopic (exact) mass is 775 g/mol. The number of fused-ring (bicyclic) bond motifs is 2. The molecule has 0 fully saturated rings. The van der Waals surface area contributed by atoms with Gasteiger partial charge >= 0.3 is 0 Å². The van der Waals surface area contributed by atoms with Gasteiger partial charge in [-0.1, -0.05) is 42.5 Å². The smallest absolute Gasteiger partial charge is 0.261 e. The van der Waals surface area contributed by atoms with E-state index in [9.17, 15) is 19.2 Å². The lowest BCUT2D eigenvalue weighted by molar-refractivity contribution is 0.0678. The lowest BCUT2D eigenvalue weighted by Gasteiger charge is -2.25. The first-order chi connectivity index (χ1) is 28.7. The molecule has 2 aliphatic rings. The molecule has 0 spiro atoms. The number of anilines is 4. The van der Waals surface area contributed by atoms with Crippen molar-refractivity contribution in [3.05, 3.63) is 214 Å². The summed E-state index contributed by atoms with van der Waals surface area (Å²) in [4.78, 5) is 57.6. The zero-order chi connectivity index (χ0) is 41.2. The lowest BCUT2D eigenvalue weighted by atomic mass is 9.88. The van der Waals surface area contributed by atoms with Crippen molar-refractivity contribution in [2.45, 2.75) is 13.8 Å². The van der Waals surface area contributed by atoms with Crippen LogP contribution in [0.15, 0.2) is 164 Å². The summed E-state index contributed by atoms with van der Waals surface area (Å²) in [6.45, 7) is 5.43. The van der Waals surface area contributed by atoms with E-state index in [1.807, 2.05) is 72.8 Å². The van der Waals surface area contributed by atoms with E-state index in [4.69, 9.17) is 0 Å². The molecule has 8 nitrogen and oxygen atoms in total. The molecule has 0 N–H and O–H groups in total. The van der Waals surface area contributed by atoms with Crippen molar-refractivity contribution in [1.29, 1.82) is 0 Å². The second kappa shape index (κ2) is 16.2. The van der Waals surface area contributed by atoms with Crippen LogP contribution in [0.2, 0.25) is 0 Å². The summed E-state index contributed by atoms with van der Waals surface area (Å²) < 4.78 is 0. The maximum absolute atomic E-state index is 13.0. The Morgan fingerprint density at radius 2 is 1.00 bits per heavy atom. The van der Waals surface area contributed by atoms with Gasteiger partial charge in [0.15, 0.2) is 0 Å². The molecule has 8 heteroatoms. The van der Waals surface area contributed by atoms with E-state index in [0.29, 0.717) is 35.3 Å². The van der Waals surface area contributed by atoms with Crippen molar-refractivity contribution in [2.75, 3.05) is 37.0 Å². The van der Waals surface area contributed by atoms with Crippen molar-refractivity contribution >= 4 is 52.0 Å². The van der Waals surface area contributed by atoms with Gasteiger partial charge in [0.25, 0.3) is 23.6 Å². The van der Waals surface area contributed by atoms with Gasteiger partial charge in [-0.15, -0.1) is 0 Å². The SMILES string of the molecule is CCN(c1ccc(C(=CC=C[C+](c2ccccc2)c2ccccc2N(CC)c2ccc3c(c2)C(=O)N(C)C3=O)c2ccccc2)cc1)c1ccc2c(c1)C(=O)N(C)C2=O. The third-order valence-electron chi connectivity index (χ3n) is 11.1. The number of imide groups is 2. The van der Waals surface area contributed by atoms with E-state index in [2.05, 4.69) is 103 Å². The third kappa shape index (κ3) is 7.10. The minimum absolute atomic E-state index is 0.277. The molecule has 0 radical (unpaired) electrons. The topological polar surface area (TPSA) is 81.2 Å². The number of carbonyl (C=O) groups excluding carboxylic acids is 4. The quantitative estimate of drug-likeness (QED) is 0.0700. The fourth-order valence-electron chi connectivity index (χ4n) is 7.97. The molecule has 0 saturated carbocycles. The Morgan fingerprint density at radius 3 is 1.58 bits per heavy atom. The molecule has 2 aliphatic heterocycles. The minimum atomic E-state index is -0.294. The second-order valence-corrected chi connectivity index (χ2v) is 14.4. The fraction of sp³-hybridized carbons (Fsp3) is 0.118. The van der Waals surface area contributed by atoms with Gasteiger partial charge in [0.05, 0.1) is 39.3 Å². The zero-order valence-electron chi connectivity index (χ0n) is 33.4.